The Balaban J connectivity index is 1.85. The van der Waals surface area contributed by atoms with E-state index in [1.807, 2.05) is 57.1 Å². The molecule has 0 spiro atoms. The molecule has 35 heavy (non-hydrogen) atoms. The lowest BCUT2D eigenvalue weighted by molar-refractivity contribution is -0.119. The van der Waals surface area contributed by atoms with Crippen LogP contribution in [0.3, 0.4) is 0 Å². The number of hydrazone groups is 1. The number of anilines is 2. The maximum Gasteiger partial charge on any atom is 0.264 e. The summed E-state index contributed by atoms with van der Waals surface area (Å²) in [7, 11) is -0.165. The molecule has 0 bridgehead atoms. The van der Waals surface area contributed by atoms with Crippen molar-refractivity contribution in [1.29, 1.82) is 0 Å². The van der Waals surface area contributed by atoms with Crippen molar-refractivity contribution in [3.63, 3.8) is 0 Å². The van der Waals surface area contributed by atoms with E-state index in [2.05, 4.69) is 10.5 Å². The summed E-state index contributed by atoms with van der Waals surface area (Å²) in [5.74, 6) is -0.226. The van der Waals surface area contributed by atoms with E-state index in [-0.39, 0.29) is 10.6 Å². The van der Waals surface area contributed by atoms with Crippen LogP contribution in [0.4, 0.5) is 11.4 Å². The van der Waals surface area contributed by atoms with Gasteiger partial charge in [0.05, 0.1) is 23.4 Å². The van der Waals surface area contributed by atoms with Crippen LogP contribution < -0.4 is 19.4 Å². The summed E-state index contributed by atoms with van der Waals surface area (Å²) < 4.78 is 33.8. The van der Waals surface area contributed by atoms with Crippen molar-refractivity contribution in [2.75, 3.05) is 36.5 Å². The first kappa shape index (κ1) is 25.8. The second-order valence-electron chi connectivity index (χ2n) is 8.00. The van der Waals surface area contributed by atoms with Gasteiger partial charge in [0.1, 0.15) is 12.3 Å². The van der Waals surface area contributed by atoms with Crippen LogP contribution in [-0.4, -0.2) is 47.8 Å². The highest BCUT2D eigenvalue weighted by Crippen LogP contribution is 2.32. The van der Waals surface area contributed by atoms with Crippen LogP contribution in [-0.2, 0) is 14.8 Å². The van der Waals surface area contributed by atoms with Crippen molar-refractivity contribution in [3.8, 4) is 5.75 Å². The molecule has 0 saturated carbocycles. The number of ether oxygens (including phenoxy) is 1. The second-order valence-corrected chi connectivity index (χ2v) is 9.87. The fraction of sp³-hybridized carbons (Fsp3) is 0.231. The smallest absolute Gasteiger partial charge is 0.264 e. The number of aryl methyl sites for hydroxylation is 1. The number of carbonyl (C=O) groups excluding carboxylic acids is 1. The van der Waals surface area contributed by atoms with Gasteiger partial charge in [0.25, 0.3) is 15.9 Å². The van der Waals surface area contributed by atoms with Gasteiger partial charge in [0, 0.05) is 19.8 Å². The minimum Gasteiger partial charge on any atom is -0.492 e. The Morgan fingerprint density at radius 3 is 2.29 bits per heavy atom. The molecule has 0 aliphatic carbocycles. The van der Waals surface area contributed by atoms with E-state index in [1.165, 1.54) is 18.3 Å². The Hall–Kier alpha value is -3.85. The van der Waals surface area contributed by atoms with Gasteiger partial charge in [0.2, 0.25) is 0 Å². The molecular formula is C26H30N4O4S. The predicted octanol–water partition coefficient (Wildman–Crippen LogP) is 3.81. The van der Waals surface area contributed by atoms with Crippen molar-refractivity contribution in [3.05, 3.63) is 83.9 Å². The van der Waals surface area contributed by atoms with E-state index in [4.69, 9.17) is 4.74 Å². The normalized spacial score (nSPS) is 11.3. The van der Waals surface area contributed by atoms with Gasteiger partial charge >= 0.3 is 0 Å². The molecule has 0 saturated heterocycles. The van der Waals surface area contributed by atoms with Crippen LogP contribution in [0.5, 0.6) is 5.75 Å². The van der Waals surface area contributed by atoms with Gasteiger partial charge in [-0.3, -0.25) is 9.10 Å². The lowest BCUT2D eigenvalue weighted by atomic mass is 10.2. The fourth-order valence-corrected chi connectivity index (χ4v) is 4.71. The van der Waals surface area contributed by atoms with Crippen LogP contribution in [0.15, 0.2) is 82.8 Å². The molecule has 3 aromatic rings. The molecule has 1 amide bonds. The fourth-order valence-electron chi connectivity index (χ4n) is 3.28. The third-order valence-electron chi connectivity index (χ3n) is 5.14. The molecule has 0 atom stereocenters. The number of hydrogen-bond acceptors (Lipinski definition) is 6. The third kappa shape index (κ3) is 6.60. The number of carbonyl (C=O) groups is 1. The number of nitrogens with one attached hydrogen (secondary N) is 1. The van der Waals surface area contributed by atoms with E-state index >= 15 is 0 Å². The summed E-state index contributed by atoms with van der Waals surface area (Å²) in [5, 5.41) is 4.00. The highest BCUT2D eigenvalue weighted by molar-refractivity contribution is 7.92. The van der Waals surface area contributed by atoms with E-state index in [0.717, 1.165) is 21.1 Å². The summed E-state index contributed by atoms with van der Waals surface area (Å²) in [4.78, 5) is 14.8. The van der Waals surface area contributed by atoms with Crippen LogP contribution >= 0.6 is 0 Å². The Bertz CT molecular complexity index is 1270. The van der Waals surface area contributed by atoms with E-state index in [1.54, 1.807) is 36.4 Å². The van der Waals surface area contributed by atoms with Gasteiger partial charge in [-0.15, -0.1) is 0 Å². The van der Waals surface area contributed by atoms with Gasteiger partial charge in [-0.05, 0) is 55.8 Å². The number of hydrogen-bond donors (Lipinski definition) is 1. The summed E-state index contributed by atoms with van der Waals surface area (Å²) in [5.41, 5.74) is 5.46. The average Bonchev–Trinajstić information content (AvgIpc) is 2.84. The zero-order valence-corrected chi connectivity index (χ0v) is 21.1. The Morgan fingerprint density at radius 1 is 1.00 bits per heavy atom. The molecule has 0 unspecified atom stereocenters. The number of sulfonamides is 1. The average molecular weight is 495 g/mol. The number of nitrogens with zero attached hydrogens (tertiary/aromatic N) is 3. The molecular weight excluding hydrogens is 464 g/mol. The molecule has 184 valence electrons. The highest BCUT2D eigenvalue weighted by Gasteiger charge is 2.29. The zero-order valence-electron chi connectivity index (χ0n) is 20.3. The molecule has 0 aromatic heterocycles. The highest BCUT2D eigenvalue weighted by atomic mass is 32.2. The molecule has 8 nitrogen and oxygen atoms in total. The molecule has 3 rings (SSSR count). The number of rotatable bonds is 10. The first-order chi connectivity index (χ1) is 16.7. The van der Waals surface area contributed by atoms with Crippen LogP contribution in [0, 0.1) is 6.92 Å². The summed E-state index contributed by atoms with van der Waals surface area (Å²) in [6, 6.07) is 20.8. The van der Waals surface area contributed by atoms with E-state index in [0.29, 0.717) is 12.4 Å². The van der Waals surface area contributed by atoms with Gasteiger partial charge in [-0.2, -0.15) is 5.10 Å². The van der Waals surface area contributed by atoms with Crippen molar-refractivity contribution in [2.45, 2.75) is 18.7 Å². The predicted molar refractivity (Wildman–Crippen MR) is 140 cm³/mol. The first-order valence-corrected chi connectivity index (χ1v) is 12.6. The Labute approximate surface area is 206 Å². The van der Waals surface area contributed by atoms with Crippen molar-refractivity contribution in [1.82, 2.24) is 5.43 Å². The molecule has 1 N–H and O–H groups in total. The maximum atomic E-state index is 13.6. The van der Waals surface area contributed by atoms with Gasteiger partial charge in [0.15, 0.2) is 0 Å². The molecule has 0 aliphatic rings. The Morgan fingerprint density at radius 2 is 1.66 bits per heavy atom. The first-order valence-electron chi connectivity index (χ1n) is 11.1. The minimum atomic E-state index is -4.06. The summed E-state index contributed by atoms with van der Waals surface area (Å²) in [6.07, 6.45) is 1.50. The minimum absolute atomic E-state index is 0.0756. The largest absolute Gasteiger partial charge is 0.492 e. The van der Waals surface area contributed by atoms with E-state index < -0.39 is 22.5 Å². The van der Waals surface area contributed by atoms with Gasteiger partial charge in [-0.25, -0.2) is 13.8 Å². The third-order valence-corrected chi connectivity index (χ3v) is 6.92. The second kappa shape index (κ2) is 11.5. The van der Waals surface area contributed by atoms with Crippen LogP contribution in [0.25, 0.3) is 0 Å². The summed E-state index contributed by atoms with van der Waals surface area (Å²) in [6.45, 7) is 3.55. The van der Waals surface area contributed by atoms with Crippen LogP contribution in [0.1, 0.15) is 18.1 Å². The van der Waals surface area contributed by atoms with E-state index in [9.17, 15) is 13.2 Å². The quantitative estimate of drug-likeness (QED) is 0.342. The molecule has 3 aromatic carbocycles. The molecule has 0 radical (unpaired) electrons. The maximum absolute atomic E-state index is 13.6. The molecule has 0 fully saturated rings. The zero-order chi connectivity index (χ0) is 25.4. The topological polar surface area (TPSA) is 91.3 Å². The van der Waals surface area contributed by atoms with Gasteiger partial charge in [-0.1, -0.05) is 42.0 Å². The lowest BCUT2D eigenvalue weighted by Crippen LogP contribution is -2.39. The van der Waals surface area contributed by atoms with Crippen molar-refractivity contribution in [2.24, 2.45) is 5.10 Å². The van der Waals surface area contributed by atoms with Crippen LogP contribution in [0.2, 0.25) is 0 Å². The lowest BCUT2D eigenvalue weighted by Gasteiger charge is -2.25. The SMILES string of the molecule is CCOc1ccccc1N(CC(=O)N/N=C\c1ccc(N(C)C)cc1)S(=O)(=O)c1ccc(C)cc1. The van der Waals surface area contributed by atoms with Crippen molar-refractivity contribution >= 4 is 33.5 Å². The standard InChI is InChI=1S/C26H30N4O4S/c1-5-34-25-9-7-6-8-24(25)30(35(32,33)23-16-10-20(2)11-17-23)19-26(31)28-27-18-21-12-14-22(15-13-21)29(3)4/h6-18H,5,19H2,1-4H3,(H,28,31)/b27-18-. The monoisotopic (exact) mass is 494 g/mol. The number of amides is 1. The molecule has 0 aliphatic heterocycles. The summed E-state index contributed by atoms with van der Waals surface area (Å²) >= 11 is 0. The number of benzene rings is 3. The molecule has 9 heteroatoms. The van der Waals surface area contributed by atoms with Crippen molar-refractivity contribution < 1.29 is 17.9 Å². The number of para-hydroxylation sites is 2. The molecule has 0 heterocycles. The Kier molecular flexibility index (Phi) is 8.48. The van der Waals surface area contributed by atoms with Gasteiger partial charge < -0.3 is 9.64 Å².